The van der Waals surface area contributed by atoms with Crippen molar-refractivity contribution in [2.75, 3.05) is 59.8 Å². The minimum atomic E-state index is -0.511. The molecule has 1 fully saturated rings. The lowest BCUT2D eigenvalue weighted by molar-refractivity contribution is -0.871. The molecular weight excluding hydrogens is 907 g/mol. The Morgan fingerprint density at radius 2 is 0.419 bits per heavy atom. The molecule has 33 rings (SSSR count). The number of hydrogen-bond donors (Lipinski definition) is 0. The van der Waals surface area contributed by atoms with Crippen molar-refractivity contribution in [1.82, 2.24) is 0 Å². The first-order valence-electron chi connectivity index (χ1n) is 27.7. The summed E-state index contributed by atoms with van der Waals surface area (Å²) < 4.78 is 17.4. The number of rotatable bonds is 9. The molecule has 74 heavy (non-hydrogen) atoms. The molecule has 1 aliphatic heterocycles. The second-order valence-corrected chi connectivity index (χ2v) is 26.9. The highest BCUT2D eigenvalue weighted by atomic mass is 16.6. The lowest BCUT2D eigenvalue weighted by atomic mass is 9.50. The van der Waals surface area contributed by atoms with Gasteiger partial charge in [0.2, 0.25) is 0 Å². The van der Waals surface area contributed by atoms with Gasteiger partial charge in [-0.15, -0.1) is 0 Å². The Hall–Kier alpha value is -7.74. The van der Waals surface area contributed by atoms with Crippen molar-refractivity contribution >= 4 is 291 Å². The molecule has 28 aromatic carbocycles. The molecule has 0 atom stereocenters. The first-order valence-corrected chi connectivity index (χ1v) is 27.7. The third-order valence-electron chi connectivity index (χ3n) is 26.2. The van der Waals surface area contributed by atoms with Crippen LogP contribution < -0.4 is 0 Å². The van der Waals surface area contributed by atoms with E-state index in [1.807, 2.05) is 0 Å². The van der Waals surface area contributed by atoms with Crippen molar-refractivity contribution < 1.29 is 18.9 Å². The zero-order chi connectivity index (χ0) is 44.8. The van der Waals surface area contributed by atoms with Gasteiger partial charge in [0.05, 0.1) is 57.0 Å². The second kappa shape index (κ2) is 7.07. The number of likely N-dealkylation sites (tertiary alicyclic amines) is 1. The van der Waals surface area contributed by atoms with Gasteiger partial charge in [0.25, 0.3) is 0 Å². The van der Waals surface area contributed by atoms with E-state index in [0.29, 0.717) is 52.7 Å². The molecular formula is C69H19NO4. The Labute approximate surface area is 405 Å². The molecule has 4 aliphatic carbocycles. The van der Waals surface area contributed by atoms with Crippen molar-refractivity contribution in [1.29, 1.82) is 0 Å². The highest BCUT2D eigenvalue weighted by Crippen LogP contribution is 2.85. The van der Waals surface area contributed by atoms with Gasteiger partial charge in [0.1, 0.15) is 6.54 Å². The zero-order valence-corrected chi connectivity index (χ0v) is 38.7. The molecule has 5 aliphatic rings. The summed E-state index contributed by atoms with van der Waals surface area (Å²) in [4.78, 5) is 0. The maximum Gasteiger partial charge on any atom is 0.102 e. The van der Waals surface area contributed by atoms with E-state index >= 15 is 5.21 Å². The summed E-state index contributed by atoms with van der Waals surface area (Å²) in [6, 6.07) is 0. The maximum atomic E-state index is 17.2. The molecule has 0 bridgehead atoms. The fourth-order valence-electron chi connectivity index (χ4n) is 25.9. The minimum Gasteiger partial charge on any atom is -0.633 e. The van der Waals surface area contributed by atoms with Gasteiger partial charge in [-0.05, 0) is 313 Å². The topological polar surface area (TPSA) is 50.8 Å². The van der Waals surface area contributed by atoms with Crippen LogP contribution >= 0.6 is 0 Å². The average Bonchev–Trinajstić information content (AvgIpc) is 3.15. The number of nitrogens with zero attached hydrogens (tertiary/aromatic N) is 1. The van der Waals surface area contributed by atoms with Crippen LogP contribution in [0, 0.1) is 5.21 Å². The van der Waals surface area contributed by atoms with Crippen LogP contribution in [0.5, 0.6) is 0 Å². The van der Waals surface area contributed by atoms with E-state index in [0.717, 1.165) is 0 Å². The monoisotopic (exact) mass is 925 g/mol. The lowest BCUT2D eigenvalue weighted by Gasteiger charge is -2.47. The zero-order valence-electron chi connectivity index (χ0n) is 38.7. The maximum absolute atomic E-state index is 17.2. The second-order valence-electron chi connectivity index (χ2n) is 26.9. The summed E-state index contributed by atoms with van der Waals surface area (Å²) in [5.74, 6) is 0. The first-order chi connectivity index (χ1) is 36.7. The van der Waals surface area contributed by atoms with Gasteiger partial charge in [0, 0.05) is 7.11 Å². The average molecular weight is 926 g/mol. The molecule has 0 saturated carbocycles. The van der Waals surface area contributed by atoms with Gasteiger partial charge in [-0.3, -0.25) is 0 Å². The van der Waals surface area contributed by atoms with E-state index in [2.05, 4.69) is 0 Å². The molecule has 324 valence electrons. The molecule has 0 unspecified atom stereocenters. The van der Waals surface area contributed by atoms with E-state index in [1.165, 1.54) is 0 Å². The van der Waals surface area contributed by atoms with Crippen LogP contribution in [0.25, 0.3) is 291 Å². The predicted octanol–water partition coefficient (Wildman–Crippen LogP) is 16.3. The third-order valence-corrected chi connectivity index (χ3v) is 26.2. The van der Waals surface area contributed by atoms with Crippen LogP contribution in [-0.2, 0) is 25.0 Å². The van der Waals surface area contributed by atoms with Crippen LogP contribution in [0.1, 0.15) is 22.3 Å². The summed E-state index contributed by atoms with van der Waals surface area (Å²) in [5.41, 5.74) is 5.35. The Balaban J connectivity index is 1.01. The van der Waals surface area contributed by atoms with Gasteiger partial charge in [-0.1, -0.05) is 0 Å². The van der Waals surface area contributed by atoms with Crippen molar-refractivity contribution in [3.63, 3.8) is 0 Å². The molecule has 2 spiro atoms. The van der Waals surface area contributed by atoms with Gasteiger partial charge in [-0.2, -0.15) is 0 Å². The van der Waals surface area contributed by atoms with E-state index in [4.69, 9.17) is 14.2 Å². The number of hydroxylamine groups is 3. The standard InChI is InChI=1S/C69H19NO4/c1-72-4-5-74-7-6-73-3-2-70(71)8-68-64-56-48-38-28-20-12-10-11-14-18-16(12)24-32-26(18)36-30-22(14)23-15(11)19-17-13(10)21(20)29-35-25(17)33-27(19)37-31(23)41-40(30)50-44(36)54-46(32)52(42(48)34(24)28)60(64)62(54)66-58(50)59-51(41)45(37)55-47(33)53-43(35)49(39(29)38)57(56)65(68)61(53)63(55)67(59)69(66,68)9-70/h2-9H2,1H3. The number of benzene rings is 18. The molecule has 0 amide bonds. The van der Waals surface area contributed by atoms with E-state index < -0.39 is 10.8 Å². The molecule has 5 heteroatoms. The number of ether oxygens (including phenoxy) is 3. The highest BCUT2D eigenvalue weighted by molar-refractivity contribution is 6.82. The van der Waals surface area contributed by atoms with Gasteiger partial charge in [-0.25, -0.2) is 0 Å². The normalized spacial score (nSPS) is 24.1. The van der Waals surface area contributed by atoms with Gasteiger partial charge >= 0.3 is 0 Å². The van der Waals surface area contributed by atoms with Crippen LogP contribution in [0.15, 0.2) is 0 Å². The largest absolute Gasteiger partial charge is 0.633 e. The SMILES string of the molecule is COCCOCCOCC[N+]1([O-])CC23c4c5c6c7c8c9c(c%10c%11c2c2c4c4c%12c5c5c6c6c8c8c%13c9c9c%10c%10c%11c%11c2c2c4c4c%12c%12c5c5c6c8c6c8c%13c9c9c%10c%10c%11c2c2c4c4c%12c5c6c5c8c9c%10c2c45)C73C1. The summed E-state index contributed by atoms with van der Waals surface area (Å²) in [5, 5.41) is 104. The Morgan fingerprint density at radius 3 is 0.608 bits per heavy atom. The van der Waals surface area contributed by atoms with E-state index in [9.17, 15) is 0 Å². The molecule has 0 N–H and O–H groups in total. The number of quaternary nitrogens is 1. The van der Waals surface area contributed by atoms with Crippen LogP contribution in [0.4, 0.5) is 0 Å². The molecule has 1 saturated heterocycles. The molecule has 0 radical (unpaired) electrons. The molecule has 5 nitrogen and oxygen atoms in total. The predicted molar refractivity (Wildman–Crippen MR) is 306 cm³/mol. The van der Waals surface area contributed by atoms with Crippen LogP contribution in [-0.4, -0.2) is 64.4 Å². The summed E-state index contributed by atoms with van der Waals surface area (Å²) in [6.45, 7) is 4.14. The lowest BCUT2D eigenvalue weighted by Crippen LogP contribution is -2.51. The number of methoxy groups -OCH3 is 1. The Kier molecular flexibility index (Phi) is 2.85. The Bertz CT molecular complexity index is 6650. The molecule has 0 aromatic heterocycles. The summed E-state index contributed by atoms with van der Waals surface area (Å²) >= 11 is 0. The molecule has 28 aromatic rings. The van der Waals surface area contributed by atoms with Gasteiger partial charge in [0.15, 0.2) is 0 Å². The van der Waals surface area contributed by atoms with Crippen LogP contribution in [0.3, 0.4) is 0 Å². The summed E-state index contributed by atoms with van der Waals surface area (Å²) in [7, 11) is 1.72. The van der Waals surface area contributed by atoms with Crippen LogP contribution in [0.2, 0.25) is 0 Å². The molecule has 1 heterocycles. The fourth-order valence-corrected chi connectivity index (χ4v) is 25.9. The number of hydrogen-bond acceptors (Lipinski definition) is 4. The van der Waals surface area contributed by atoms with Crippen molar-refractivity contribution in [2.45, 2.75) is 10.8 Å². The Morgan fingerprint density at radius 1 is 0.257 bits per heavy atom. The quantitative estimate of drug-likeness (QED) is 0.0626. The fraction of sp³-hybridized carbons (Fsp3) is 0.159. The smallest absolute Gasteiger partial charge is 0.102 e. The summed E-state index contributed by atoms with van der Waals surface area (Å²) in [6.07, 6.45) is 0. The van der Waals surface area contributed by atoms with Crippen molar-refractivity contribution in [2.24, 2.45) is 0 Å². The first kappa shape index (κ1) is 29.8. The van der Waals surface area contributed by atoms with Crippen molar-refractivity contribution in [3.8, 4) is 0 Å². The van der Waals surface area contributed by atoms with Gasteiger partial charge < -0.3 is 24.1 Å². The minimum absolute atomic E-state index is 0.234. The highest BCUT2D eigenvalue weighted by Gasteiger charge is 2.76. The van der Waals surface area contributed by atoms with E-state index in [-0.39, 0.29) is 4.65 Å². The van der Waals surface area contributed by atoms with Crippen molar-refractivity contribution in [3.05, 3.63) is 27.5 Å². The van der Waals surface area contributed by atoms with E-state index in [1.54, 1.807) is 320 Å². The third kappa shape index (κ3) is 1.71.